The van der Waals surface area contributed by atoms with Gasteiger partial charge in [-0.15, -0.1) is 11.3 Å². The Kier molecular flexibility index (Phi) is 5.04. The highest BCUT2D eigenvalue weighted by molar-refractivity contribution is 7.15. The number of amides is 1. The highest BCUT2D eigenvalue weighted by atomic mass is 32.1. The third-order valence-electron chi connectivity index (χ3n) is 4.85. The Morgan fingerprint density at radius 2 is 2.36 bits per heavy atom. The van der Waals surface area contributed by atoms with Crippen LogP contribution in [0.2, 0.25) is 0 Å². The first-order valence-electron chi connectivity index (χ1n) is 9.27. The molecule has 0 aromatic carbocycles. The Labute approximate surface area is 167 Å². The minimum absolute atomic E-state index is 0.0549. The lowest BCUT2D eigenvalue weighted by Gasteiger charge is -2.32. The summed E-state index contributed by atoms with van der Waals surface area (Å²) in [6, 6.07) is 4.00. The van der Waals surface area contributed by atoms with E-state index in [1.54, 1.807) is 16.2 Å². The van der Waals surface area contributed by atoms with Gasteiger partial charge < -0.3 is 19.5 Å². The summed E-state index contributed by atoms with van der Waals surface area (Å²) < 4.78 is 8.32. The minimum Gasteiger partial charge on any atom is -0.472 e. The Bertz CT molecular complexity index is 1020. The Balaban J connectivity index is 1.62. The average molecular weight is 398 g/mol. The molecule has 8 heteroatoms. The number of thiazole rings is 1. The fourth-order valence-electron chi connectivity index (χ4n) is 3.43. The van der Waals surface area contributed by atoms with Gasteiger partial charge in [0.1, 0.15) is 11.9 Å². The van der Waals surface area contributed by atoms with Crippen LogP contribution in [-0.4, -0.2) is 44.5 Å². The van der Waals surface area contributed by atoms with E-state index in [2.05, 4.69) is 16.9 Å². The molecule has 1 N–H and O–H groups in total. The van der Waals surface area contributed by atoms with Crippen LogP contribution in [0.1, 0.15) is 17.7 Å². The van der Waals surface area contributed by atoms with Crippen LogP contribution in [0.15, 0.2) is 37.2 Å². The molecular formula is C20H23N5O2S. The van der Waals surface area contributed by atoms with Crippen LogP contribution in [0, 0.1) is 6.92 Å². The first-order valence-corrected chi connectivity index (χ1v) is 10.1. The second kappa shape index (κ2) is 7.63. The molecule has 146 valence electrons. The predicted octanol–water partition coefficient (Wildman–Crippen LogP) is 3.64. The number of fused-ring (bicyclic) bond motifs is 1. The Hall–Kier alpha value is -2.87. The summed E-state index contributed by atoms with van der Waals surface area (Å²) in [5, 5.41) is 5.02. The zero-order valence-corrected chi connectivity index (χ0v) is 16.8. The molecule has 1 atom stereocenters. The SMILES string of the molecule is C=CC(=O)N1CCCC(Oc2nc(Nc3ncc(C)s3)cc3c2ccn3C)C1. The molecule has 1 fully saturated rings. The van der Waals surface area contributed by atoms with E-state index >= 15 is 0 Å². The van der Waals surface area contributed by atoms with E-state index in [1.807, 2.05) is 43.1 Å². The fraction of sp³-hybridized carbons (Fsp3) is 0.350. The van der Waals surface area contributed by atoms with E-state index in [0.717, 1.165) is 40.3 Å². The van der Waals surface area contributed by atoms with Crippen LogP contribution in [-0.2, 0) is 11.8 Å². The van der Waals surface area contributed by atoms with E-state index in [9.17, 15) is 4.79 Å². The number of aromatic nitrogens is 3. The first kappa shape index (κ1) is 18.5. The molecule has 3 aromatic rings. The number of rotatable bonds is 5. The van der Waals surface area contributed by atoms with Crippen LogP contribution < -0.4 is 10.1 Å². The van der Waals surface area contributed by atoms with Gasteiger partial charge in [0.05, 0.1) is 17.4 Å². The summed E-state index contributed by atoms with van der Waals surface area (Å²) in [6.07, 6.45) is 6.88. The summed E-state index contributed by atoms with van der Waals surface area (Å²) in [5.74, 6) is 1.21. The van der Waals surface area contributed by atoms with Gasteiger partial charge in [-0.1, -0.05) is 6.58 Å². The molecule has 3 aromatic heterocycles. The molecule has 0 aliphatic carbocycles. The number of aryl methyl sites for hydroxylation is 2. The highest BCUT2D eigenvalue weighted by Gasteiger charge is 2.25. The summed E-state index contributed by atoms with van der Waals surface area (Å²) in [7, 11) is 1.99. The second-order valence-electron chi connectivity index (χ2n) is 6.94. The summed E-state index contributed by atoms with van der Waals surface area (Å²) in [5.41, 5.74) is 1.02. The zero-order valence-electron chi connectivity index (χ0n) is 16.0. The van der Waals surface area contributed by atoms with Crippen molar-refractivity contribution >= 4 is 39.1 Å². The predicted molar refractivity (Wildman–Crippen MR) is 111 cm³/mol. The van der Waals surface area contributed by atoms with Crippen molar-refractivity contribution < 1.29 is 9.53 Å². The number of carbonyl (C=O) groups is 1. The van der Waals surface area contributed by atoms with Gasteiger partial charge in [-0.25, -0.2) is 4.98 Å². The van der Waals surface area contributed by atoms with Gasteiger partial charge in [-0.3, -0.25) is 4.79 Å². The Morgan fingerprint density at radius 1 is 1.50 bits per heavy atom. The fourth-order valence-corrected chi connectivity index (χ4v) is 4.10. The smallest absolute Gasteiger partial charge is 0.246 e. The summed E-state index contributed by atoms with van der Waals surface area (Å²) >= 11 is 1.58. The number of nitrogens with zero attached hydrogens (tertiary/aromatic N) is 4. The van der Waals surface area contributed by atoms with Crippen molar-refractivity contribution in [1.29, 1.82) is 0 Å². The minimum atomic E-state index is -0.0917. The lowest BCUT2D eigenvalue weighted by atomic mass is 10.1. The molecule has 0 bridgehead atoms. The highest BCUT2D eigenvalue weighted by Crippen LogP contribution is 2.31. The van der Waals surface area contributed by atoms with E-state index in [-0.39, 0.29) is 12.0 Å². The van der Waals surface area contributed by atoms with Crippen LogP contribution in [0.25, 0.3) is 10.9 Å². The lowest BCUT2D eigenvalue weighted by molar-refractivity contribution is -0.128. The molecule has 1 unspecified atom stereocenters. The maximum absolute atomic E-state index is 12.0. The van der Waals surface area contributed by atoms with Gasteiger partial charge in [0.25, 0.3) is 0 Å². The zero-order chi connectivity index (χ0) is 19.7. The number of hydrogen-bond donors (Lipinski definition) is 1. The standard InChI is InChI=1S/C20H23N5O2S/c1-4-18(26)25-8-5-6-14(12-25)27-19-15-7-9-24(3)16(15)10-17(22-19)23-20-21-11-13(2)28-20/h4,7,9-11,14H,1,5-6,8,12H2,2-3H3,(H,21,22,23). The molecule has 0 saturated carbocycles. The van der Waals surface area contributed by atoms with Gasteiger partial charge in [-0.2, -0.15) is 4.98 Å². The van der Waals surface area contributed by atoms with E-state index in [0.29, 0.717) is 18.2 Å². The van der Waals surface area contributed by atoms with Gasteiger partial charge in [0.15, 0.2) is 5.13 Å². The molecule has 1 aliphatic heterocycles. The van der Waals surface area contributed by atoms with Crippen molar-refractivity contribution in [2.45, 2.75) is 25.9 Å². The van der Waals surface area contributed by atoms with Crippen LogP contribution in [0.3, 0.4) is 0 Å². The van der Waals surface area contributed by atoms with Crippen molar-refractivity contribution in [3.8, 4) is 5.88 Å². The van der Waals surface area contributed by atoms with E-state index in [4.69, 9.17) is 9.72 Å². The maximum Gasteiger partial charge on any atom is 0.246 e. The van der Waals surface area contributed by atoms with Gasteiger partial charge in [0, 0.05) is 36.9 Å². The Morgan fingerprint density at radius 3 is 3.11 bits per heavy atom. The molecule has 7 nitrogen and oxygen atoms in total. The molecule has 28 heavy (non-hydrogen) atoms. The number of piperidine rings is 1. The summed E-state index contributed by atoms with van der Waals surface area (Å²) in [4.78, 5) is 23.9. The molecule has 0 spiro atoms. The molecule has 1 saturated heterocycles. The number of anilines is 2. The molecular weight excluding hydrogens is 374 g/mol. The molecule has 0 radical (unpaired) electrons. The number of likely N-dealkylation sites (tertiary alicyclic amines) is 1. The van der Waals surface area contributed by atoms with Crippen molar-refractivity contribution in [3.63, 3.8) is 0 Å². The van der Waals surface area contributed by atoms with Gasteiger partial charge in [-0.05, 0) is 31.9 Å². The van der Waals surface area contributed by atoms with Crippen LogP contribution in [0.5, 0.6) is 5.88 Å². The molecule has 1 amide bonds. The van der Waals surface area contributed by atoms with Crippen molar-refractivity contribution in [1.82, 2.24) is 19.4 Å². The van der Waals surface area contributed by atoms with E-state index < -0.39 is 0 Å². The summed E-state index contributed by atoms with van der Waals surface area (Å²) in [6.45, 7) is 6.89. The monoisotopic (exact) mass is 397 g/mol. The third-order valence-corrected chi connectivity index (χ3v) is 5.67. The normalized spacial score (nSPS) is 16.9. The first-order chi connectivity index (χ1) is 13.5. The van der Waals surface area contributed by atoms with Crippen molar-refractivity contribution in [2.75, 3.05) is 18.4 Å². The molecule has 1 aliphatic rings. The number of ether oxygens (including phenoxy) is 1. The second-order valence-corrected chi connectivity index (χ2v) is 8.18. The average Bonchev–Trinajstić information content (AvgIpc) is 3.27. The quantitative estimate of drug-likeness (QED) is 0.666. The molecule has 4 rings (SSSR count). The van der Waals surface area contributed by atoms with Crippen molar-refractivity contribution in [2.24, 2.45) is 7.05 Å². The number of carbonyl (C=O) groups excluding carboxylic acids is 1. The van der Waals surface area contributed by atoms with Gasteiger partial charge in [0.2, 0.25) is 11.8 Å². The number of hydrogen-bond acceptors (Lipinski definition) is 6. The third kappa shape index (κ3) is 3.73. The van der Waals surface area contributed by atoms with Gasteiger partial charge >= 0.3 is 0 Å². The number of nitrogens with one attached hydrogen (secondary N) is 1. The lowest BCUT2D eigenvalue weighted by Crippen LogP contribution is -2.43. The van der Waals surface area contributed by atoms with E-state index in [1.165, 1.54) is 6.08 Å². The topological polar surface area (TPSA) is 72.3 Å². The largest absolute Gasteiger partial charge is 0.472 e. The maximum atomic E-state index is 12.0. The number of pyridine rings is 1. The van der Waals surface area contributed by atoms with Crippen LogP contribution in [0.4, 0.5) is 10.9 Å². The molecule has 4 heterocycles. The van der Waals surface area contributed by atoms with Crippen molar-refractivity contribution in [3.05, 3.63) is 42.1 Å². The van der Waals surface area contributed by atoms with Crippen LogP contribution >= 0.6 is 11.3 Å².